The molecule has 31 heavy (non-hydrogen) atoms. The summed E-state index contributed by atoms with van der Waals surface area (Å²) >= 11 is 0. The highest BCUT2D eigenvalue weighted by molar-refractivity contribution is 5.93. The number of hydrogen-bond acceptors (Lipinski definition) is 5. The van der Waals surface area contributed by atoms with Crippen molar-refractivity contribution in [3.63, 3.8) is 0 Å². The summed E-state index contributed by atoms with van der Waals surface area (Å²) in [7, 11) is 1.85. The van der Waals surface area contributed by atoms with Crippen molar-refractivity contribution in [2.75, 3.05) is 17.2 Å². The molecule has 2 heterocycles. The van der Waals surface area contributed by atoms with E-state index in [1.54, 1.807) is 17.0 Å². The molecule has 4 aromatic rings. The minimum Gasteiger partial charge on any atom is -0.345 e. The SMILES string of the molecule is Cn1c(NCC(=O)Nc2ccccc2)nnc1-c1cncc(/C=C/c2ccccc2)c1. The van der Waals surface area contributed by atoms with Crippen molar-refractivity contribution in [2.24, 2.45) is 7.05 Å². The molecule has 0 aliphatic rings. The van der Waals surface area contributed by atoms with Gasteiger partial charge in [-0.2, -0.15) is 0 Å². The normalized spacial score (nSPS) is 10.9. The highest BCUT2D eigenvalue weighted by Crippen LogP contribution is 2.20. The summed E-state index contributed by atoms with van der Waals surface area (Å²) in [6.07, 6.45) is 7.59. The molecule has 0 atom stereocenters. The van der Waals surface area contributed by atoms with Crippen LogP contribution in [0, 0.1) is 0 Å². The Hall–Kier alpha value is -4.26. The van der Waals surface area contributed by atoms with Gasteiger partial charge in [0, 0.05) is 30.7 Å². The van der Waals surface area contributed by atoms with E-state index in [9.17, 15) is 4.79 Å². The number of benzene rings is 2. The van der Waals surface area contributed by atoms with Crippen LogP contribution in [0.5, 0.6) is 0 Å². The van der Waals surface area contributed by atoms with Crippen molar-refractivity contribution in [3.8, 4) is 11.4 Å². The first-order valence-electron chi connectivity index (χ1n) is 9.86. The van der Waals surface area contributed by atoms with Crippen LogP contribution in [0.3, 0.4) is 0 Å². The van der Waals surface area contributed by atoms with Gasteiger partial charge in [0.25, 0.3) is 0 Å². The van der Waals surface area contributed by atoms with Gasteiger partial charge in [0.15, 0.2) is 5.82 Å². The Morgan fingerprint density at radius 1 is 0.935 bits per heavy atom. The van der Waals surface area contributed by atoms with Crippen molar-refractivity contribution >= 4 is 29.7 Å². The molecule has 0 aliphatic carbocycles. The first-order chi connectivity index (χ1) is 15.2. The molecule has 0 spiro atoms. The van der Waals surface area contributed by atoms with E-state index >= 15 is 0 Å². The van der Waals surface area contributed by atoms with Gasteiger partial charge in [-0.05, 0) is 29.3 Å². The number of para-hydroxylation sites is 1. The van der Waals surface area contributed by atoms with Gasteiger partial charge in [-0.25, -0.2) is 0 Å². The zero-order valence-corrected chi connectivity index (χ0v) is 17.1. The minimum absolute atomic E-state index is 0.0823. The fourth-order valence-corrected chi connectivity index (χ4v) is 3.05. The largest absolute Gasteiger partial charge is 0.345 e. The third-order valence-electron chi connectivity index (χ3n) is 4.62. The average molecular weight is 410 g/mol. The molecular formula is C24H22N6O. The highest BCUT2D eigenvalue weighted by atomic mass is 16.1. The fourth-order valence-electron chi connectivity index (χ4n) is 3.05. The molecule has 2 aromatic heterocycles. The van der Waals surface area contributed by atoms with E-state index < -0.39 is 0 Å². The summed E-state index contributed by atoms with van der Waals surface area (Å²) in [6, 6.07) is 21.4. The molecule has 154 valence electrons. The number of amides is 1. The molecule has 0 aliphatic heterocycles. The zero-order valence-electron chi connectivity index (χ0n) is 17.1. The number of hydrogen-bond donors (Lipinski definition) is 2. The van der Waals surface area contributed by atoms with Crippen LogP contribution in [-0.2, 0) is 11.8 Å². The van der Waals surface area contributed by atoms with Gasteiger partial charge in [-0.1, -0.05) is 60.7 Å². The number of anilines is 2. The summed E-state index contributed by atoms with van der Waals surface area (Å²) in [5, 5.41) is 14.3. The quantitative estimate of drug-likeness (QED) is 0.479. The maximum atomic E-state index is 12.2. The molecule has 2 N–H and O–H groups in total. The van der Waals surface area contributed by atoms with E-state index in [1.165, 1.54) is 0 Å². The van der Waals surface area contributed by atoms with Crippen LogP contribution in [0.4, 0.5) is 11.6 Å². The fraction of sp³-hybridized carbons (Fsp3) is 0.0833. The number of pyridine rings is 1. The molecule has 0 saturated carbocycles. The van der Waals surface area contributed by atoms with E-state index in [0.29, 0.717) is 11.8 Å². The van der Waals surface area contributed by atoms with Crippen LogP contribution in [0.2, 0.25) is 0 Å². The van der Waals surface area contributed by atoms with E-state index in [0.717, 1.165) is 22.4 Å². The number of nitrogens with one attached hydrogen (secondary N) is 2. The Labute approximate surface area is 180 Å². The van der Waals surface area contributed by atoms with Crippen molar-refractivity contribution in [1.82, 2.24) is 19.7 Å². The molecule has 0 bridgehead atoms. The first kappa shape index (κ1) is 20.0. The van der Waals surface area contributed by atoms with Gasteiger partial charge in [-0.3, -0.25) is 14.3 Å². The van der Waals surface area contributed by atoms with Crippen molar-refractivity contribution in [2.45, 2.75) is 0 Å². The molecule has 0 unspecified atom stereocenters. The van der Waals surface area contributed by atoms with Crippen LogP contribution in [0.15, 0.2) is 79.1 Å². The molecule has 2 aromatic carbocycles. The second-order valence-electron chi connectivity index (χ2n) is 6.92. The first-order valence-corrected chi connectivity index (χ1v) is 9.86. The van der Waals surface area contributed by atoms with E-state index in [4.69, 9.17) is 0 Å². The summed E-state index contributed by atoms with van der Waals surface area (Å²) < 4.78 is 1.80. The summed E-state index contributed by atoms with van der Waals surface area (Å²) in [5.41, 5.74) is 3.67. The molecule has 7 nitrogen and oxygen atoms in total. The smallest absolute Gasteiger partial charge is 0.243 e. The Kier molecular flexibility index (Phi) is 6.13. The summed E-state index contributed by atoms with van der Waals surface area (Å²) in [6.45, 7) is 0.0823. The van der Waals surface area contributed by atoms with Crippen molar-refractivity contribution < 1.29 is 4.79 Å². The van der Waals surface area contributed by atoms with Crippen molar-refractivity contribution in [3.05, 3.63) is 90.3 Å². The van der Waals surface area contributed by atoms with E-state index in [-0.39, 0.29) is 12.5 Å². The Bertz CT molecular complexity index is 1190. The lowest BCUT2D eigenvalue weighted by atomic mass is 10.1. The second-order valence-corrected chi connectivity index (χ2v) is 6.92. The molecule has 4 rings (SSSR count). The molecule has 7 heteroatoms. The monoisotopic (exact) mass is 410 g/mol. The molecule has 0 radical (unpaired) electrons. The second kappa shape index (κ2) is 9.49. The van der Waals surface area contributed by atoms with Gasteiger partial charge in [0.1, 0.15) is 0 Å². The molecular weight excluding hydrogens is 388 g/mol. The molecule has 0 fully saturated rings. The number of nitrogens with zero attached hydrogens (tertiary/aromatic N) is 4. The number of aromatic nitrogens is 4. The lowest BCUT2D eigenvalue weighted by Crippen LogP contribution is -2.23. The Morgan fingerprint density at radius 2 is 1.65 bits per heavy atom. The zero-order chi connectivity index (χ0) is 21.5. The van der Waals surface area contributed by atoms with Crippen LogP contribution in [0.25, 0.3) is 23.5 Å². The third-order valence-corrected chi connectivity index (χ3v) is 4.62. The maximum Gasteiger partial charge on any atom is 0.243 e. The molecule has 0 saturated heterocycles. The topological polar surface area (TPSA) is 84.7 Å². The predicted molar refractivity (Wildman–Crippen MR) is 123 cm³/mol. The van der Waals surface area contributed by atoms with Crippen LogP contribution in [0.1, 0.15) is 11.1 Å². The average Bonchev–Trinajstić information content (AvgIpc) is 3.18. The van der Waals surface area contributed by atoms with Crippen molar-refractivity contribution in [1.29, 1.82) is 0 Å². The number of carbonyl (C=O) groups excluding carboxylic acids is 1. The number of carbonyl (C=O) groups is 1. The maximum absolute atomic E-state index is 12.2. The Balaban J connectivity index is 1.43. The standard InChI is InChI=1S/C24H22N6O/c1-30-23(20-14-19(15-25-16-20)13-12-18-8-4-2-5-9-18)28-29-24(30)26-17-22(31)27-21-10-6-3-7-11-21/h2-16H,17H2,1H3,(H,26,29)(H,27,31)/b13-12+. The van der Waals surface area contributed by atoms with Gasteiger partial charge < -0.3 is 10.6 Å². The third kappa shape index (κ3) is 5.22. The predicted octanol–water partition coefficient (Wildman–Crippen LogP) is 4.10. The van der Waals surface area contributed by atoms with Gasteiger partial charge in [0.05, 0.1) is 6.54 Å². The van der Waals surface area contributed by atoms with E-state index in [2.05, 4.69) is 25.8 Å². The van der Waals surface area contributed by atoms with Gasteiger partial charge >= 0.3 is 0 Å². The molecule has 1 amide bonds. The lowest BCUT2D eigenvalue weighted by Gasteiger charge is -2.08. The minimum atomic E-state index is -0.162. The van der Waals surface area contributed by atoms with Crippen LogP contribution < -0.4 is 10.6 Å². The van der Waals surface area contributed by atoms with Crippen LogP contribution in [-0.4, -0.2) is 32.2 Å². The summed E-state index contributed by atoms with van der Waals surface area (Å²) in [4.78, 5) is 16.5. The van der Waals surface area contributed by atoms with Crippen LogP contribution >= 0.6 is 0 Å². The van der Waals surface area contributed by atoms with Gasteiger partial charge in [0.2, 0.25) is 11.9 Å². The number of rotatable bonds is 7. The summed E-state index contributed by atoms with van der Waals surface area (Å²) in [5.74, 6) is 1.00. The Morgan fingerprint density at radius 3 is 2.42 bits per heavy atom. The lowest BCUT2D eigenvalue weighted by molar-refractivity contribution is -0.114. The highest BCUT2D eigenvalue weighted by Gasteiger charge is 2.12. The van der Waals surface area contributed by atoms with E-state index in [1.807, 2.05) is 85.9 Å². The van der Waals surface area contributed by atoms with Gasteiger partial charge in [-0.15, -0.1) is 10.2 Å².